The maximum atomic E-state index is 12.5. The van der Waals surface area contributed by atoms with Crippen molar-refractivity contribution in [1.29, 1.82) is 0 Å². The number of carbonyl (C=O) groups is 1. The number of thioether (sulfide) groups is 2. The Labute approximate surface area is 197 Å². The Bertz CT molecular complexity index is 1150. The van der Waals surface area contributed by atoms with Crippen LogP contribution in [0.25, 0.3) is 17.1 Å². The summed E-state index contributed by atoms with van der Waals surface area (Å²) in [5, 5.41) is 20.7. The molecule has 0 unspecified atom stereocenters. The Hall–Kier alpha value is -2.73. The molecule has 4 aromatic rings. The molecule has 0 fully saturated rings. The fraction of sp³-hybridized carbons (Fsp3) is 0.190. The van der Waals surface area contributed by atoms with Crippen molar-refractivity contribution in [3.8, 4) is 17.1 Å². The van der Waals surface area contributed by atoms with Gasteiger partial charge in [-0.2, -0.15) is 0 Å². The second kappa shape index (κ2) is 11.2. The molecule has 1 amide bonds. The predicted molar refractivity (Wildman–Crippen MR) is 128 cm³/mol. The van der Waals surface area contributed by atoms with Crippen LogP contribution in [-0.4, -0.2) is 49.2 Å². The summed E-state index contributed by atoms with van der Waals surface area (Å²) in [5.74, 6) is 1.21. The van der Waals surface area contributed by atoms with Gasteiger partial charge in [-0.25, -0.2) is 0 Å². The molecule has 2 aromatic carbocycles. The minimum Gasteiger partial charge on any atom is -0.371 e. The van der Waals surface area contributed by atoms with Crippen LogP contribution in [0.5, 0.6) is 0 Å². The number of ether oxygens (including phenoxy) is 1. The largest absolute Gasteiger partial charge is 0.371 e. The van der Waals surface area contributed by atoms with Crippen LogP contribution in [0.3, 0.4) is 0 Å². The smallest absolute Gasteiger partial charge is 0.236 e. The molecule has 0 radical (unpaired) electrons. The topological polar surface area (TPSA) is 94.8 Å². The molecule has 32 heavy (non-hydrogen) atoms. The van der Waals surface area contributed by atoms with Gasteiger partial charge in [0.2, 0.25) is 11.0 Å². The van der Waals surface area contributed by atoms with Crippen LogP contribution in [-0.2, 0) is 9.53 Å². The Kier molecular flexibility index (Phi) is 7.88. The lowest BCUT2D eigenvalue weighted by Gasteiger charge is -2.10. The highest BCUT2D eigenvalue weighted by Gasteiger charge is 2.17. The SMILES string of the molecule is CCOCSc1nnc(NC(=O)CSc2nnc(-c3ccccc3)n2-c2ccccc2)s1. The van der Waals surface area contributed by atoms with Crippen molar-refractivity contribution in [2.45, 2.75) is 16.4 Å². The third-order valence-corrected chi connectivity index (χ3v) is 6.91. The standard InChI is InChI=1S/C21H20N6O2S3/c1-2-29-14-31-21-26-24-19(32-21)22-17(28)13-30-20-25-23-18(15-9-5-3-6-10-15)27(20)16-11-7-4-8-12-16/h3-12H,2,13-14H2,1H3,(H,22,24,28). The van der Waals surface area contributed by atoms with E-state index in [1.165, 1.54) is 34.9 Å². The molecule has 0 saturated carbocycles. The Balaban J connectivity index is 1.45. The minimum atomic E-state index is -0.184. The van der Waals surface area contributed by atoms with Crippen LogP contribution in [0.15, 0.2) is 70.2 Å². The molecular formula is C21H20N6O2S3. The van der Waals surface area contributed by atoms with Gasteiger partial charge in [-0.15, -0.1) is 20.4 Å². The van der Waals surface area contributed by atoms with E-state index in [1.807, 2.05) is 72.2 Å². The van der Waals surface area contributed by atoms with E-state index in [9.17, 15) is 4.79 Å². The lowest BCUT2D eigenvalue weighted by Crippen LogP contribution is -2.14. The average molecular weight is 485 g/mol. The molecular weight excluding hydrogens is 464 g/mol. The first-order chi connectivity index (χ1) is 15.7. The zero-order valence-corrected chi connectivity index (χ0v) is 19.6. The van der Waals surface area contributed by atoms with Gasteiger partial charge < -0.3 is 4.74 Å². The first-order valence-electron chi connectivity index (χ1n) is 9.77. The highest BCUT2D eigenvalue weighted by molar-refractivity contribution is 8.01. The van der Waals surface area contributed by atoms with Crippen LogP contribution in [0, 0.1) is 0 Å². The van der Waals surface area contributed by atoms with Gasteiger partial charge in [0.05, 0.1) is 11.7 Å². The molecule has 0 aliphatic carbocycles. The van der Waals surface area contributed by atoms with Gasteiger partial charge in [-0.1, -0.05) is 83.4 Å². The van der Waals surface area contributed by atoms with Gasteiger partial charge in [-0.05, 0) is 19.1 Å². The number of nitrogens with zero attached hydrogens (tertiary/aromatic N) is 5. The van der Waals surface area contributed by atoms with E-state index in [0.29, 0.717) is 22.8 Å². The number of para-hydroxylation sites is 1. The van der Waals surface area contributed by atoms with Crippen LogP contribution in [0.4, 0.5) is 5.13 Å². The lowest BCUT2D eigenvalue weighted by atomic mass is 10.2. The van der Waals surface area contributed by atoms with E-state index in [2.05, 4.69) is 25.7 Å². The zero-order valence-electron chi connectivity index (χ0n) is 17.2. The number of hydrogen-bond acceptors (Lipinski definition) is 9. The van der Waals surface area contributed by atoms with Crippen molar-refractivity contribution in [2.75, 3.05) is 23.6 Å². The van der Waals surface area contributed by atoms with Crippen molar-refractivity contribution in [2.24, 2.45) is 0 Å². The number of hydrogen-bond donors (Lipinski definition) is 1. The second-order valence-corrected chi connectivity index (χ2v) is 9.40. The first-order valence-corrected chi connectivity index (χ1v) is 12.6. The van der Waals surface area contributed by atoms with E-state index in [0.717, 1.165) is 21.4 Å². The van der Waals surface area contributed by atoms with Crippen molar-refractivity contribution >= 4 is 45.9 Å². The number of rotatable bonds is 10. The Morgan fingerprint density at radius 1 is 1.00 bits per heavy atom. The number of amides is 1. The van der Waals surface area contributed by atoms with Crippen LogP contribution >= 0.6 is 34.9 Å². The summed E-state index contributed by atoms with van der Waals surface area (Å²) >= 11 is 4.09. The van der Waals surface area contributed by atoms with E-state index < -0.39 is 0 Å². The van der Waals surface area contributed by atoms with E-state index in [4.69, 9.17) is 4.74 Å². The number of nitrogens with one attached hydrogen (secondary N) is 1. The molecule has 4 rings (SSSR count). The monoisotopic (exact) mass is 484 g/mol. The second-order valence-electron chi connectivity index (χ2n) is 6.31. The minimum absolute atomic E-state index is 0.167. The predicted octanol–water partition coefficient (Wildman–Crippen LogP) is 4.60. The molecule has 0 atom stereocenters. The maximum Gasteiger partial charge on any atom is 0.236 e. The summed E-state index contributed by atoms with van der Waals surface area (Å²) in [6.45, 7) is 2.58. The molecule has 1 N–H and O–H groups in total. The van der Waals surface area contributed by atoms with Crippen molar-refractivity contribution in [3.63, 3.8) is 0 Å². The molecule has 2 heterocycles. The van der Waals surface area contributed by atoms with Crippen molar-refractivity contribution in [3.05, 3.63) is 60.7 Å². The normalized spacial score (nSPS) is 10.9. The number of aromatic nitrogens is 5. The van der Waals surface area contributed by atoms with Crippen LogP contribution in [0.2, 0.25) is 0 Å². The van der Waals surface area contributed by atoms with E-state index in [-0.39, 0.29) is 11.7 Å². The third kappa shape index (κ3) is 5.74. The Morgan fingerprint density at radius 2 is 1.75 bits per heavy atom. The molecule has 164 valence electrons. The number of carbonyl (C=O) groups excluding carboxylic acids is 1. The summed E-state index contributed by atoms with van der Waals surface area (Å²) in [4.78, 5) is 12.5. The summed E-state index contributed by atoms with van der Waals surface area (Å²) in [6.07, 6.45) is 0. The average Bonchev–Trinajstić information content (AvgIpc) is 3.46. The summed E-state index contributed by atoms with van der Waals surface area (Å²) in [7, 11) is 0. The molecule has 0 spiro atoms. The van der Waals surface area contributed by atoms with E-state index in [1.54, 1.807) is 0 Å². The third-order valence-electron chi connectivity index (χ3n) is 4.13. The molecule has 0 aliphatic heterocycles. The summed E-state index contributed by atoms with van der Waals surface area (Å²) in [6, 6.07) is 19.7. The fourth-order valence-corrected chi connectivity index (χ4v) is 5.04. The van der Waals surface area contributed by atoms with Crippen LogP contribution in [0.1, 0.15) is 6.92 Å². The molecule has 0 aliphatic rings. The maximum absolute atomic E-state index is 12.5. The van der Waals surface area contributed by atoms with Crippen molar-refractivity contribution < 1.29 is 9.53 Å². The van der Waals surface area contributed by atoms with Gasteiger partial charge in [0, 0.05) is 17.9 Å². The van der Waals surface area contributed by atoms with Crippen LogP contribution < -0.4 is 5.32 Å². The zero-order chi connectivity index (χ0) is 22.2. The first kappa shape index (κ1) is 22.5. The highest BCUT2D eigenvalue weighted by Crippen LogP contribution is 2.29. The lowest BCUT2D eigenvalue weighted by molar-refractivity contribution is -0.113. The van der Waals surface area contributed by atoms with Gasteiger partial charge in [0.1, 0.15) is 0 Å². The highest BCUT2D eigenvalue weighted by atomic mass is 32.2. The summed E-state index contributed by atoms with van der Waals surface area (Å²) < 4.78 is 8.00. The molecule has 11 heteroatoms. The van der Waals surface area contributed by atoms with Gasteiger partial charge >= 0.3 is 0 Å². The van der Waals surface area contributed by atoms with E-state index >= 15 is 0 Å². The quantitative estimate of drug-likeness (QED) is 0.151. The number of benzene rings is 2. The number of anilines is 1. The van der Waals surface area contributed by atoms with Gasteiger partial charge in [0.15, 0.2) is 15.3 Å². The Morgan fingerprint density at radius 3 is 2.50 bits per heavy atom. The molecule has 0 saturated heterocycles. The summed E-state index contributed by atoms with van der Waals surface area (Å²) in [5.41, 5.74) is 1.88. The molecule has 2 aromatic heterocycles. The van der Waals surface area contributed by atoms with Crippen molar-refractivity contribution in [1.82, 2.24) is 25.0 Å². The molecule has 0 bridgehead atoms. The van der Waals surface area contributed by atoms with Gasteiger partial charge in [-0.3, -0.25) is 14.7 Å². The van der Waals surface area contributed by atoms with Gasteiger partial charge in [0.25, 0.3) is 0 Å². The fourth-order valence-electron chi connectivity index (χ4n) is 2.73. The molecule has 8 nitrogen and oxygen atoms in total.